The van der Waals surface area contributed by atoms with Crippen molar-refractivity contribution in [3.63, 3.8) is 0 Å². The normalized spacial score (nSPS) is 31.4. The van der Waals surface area contributed by atoms with Crippen LogP contribution in [0.1, 0.15) is 46.1 Å². The summed E-state index contributed by atoms with van der Waals surface area (Å²) >= 11 is 6.04. The van der Waals surface area contributed by atoms with Gasteiger partial charge in [0.15, 0.2) is 0 Å². The number of aliphatic hydroxyl groups is 1. The van der Waals surface area contributed by atoms with E-state index in [0.717, 1.165) is 5.56 Å². The molecular formula is C31H38ClN3O5. The van der Waals surface area contributed by atoms with Crippen molar-refractivity contribution in [2.45, 2.75) is 70.4 Å². The molecule has 3 fully saturated rings. The Morgan fingerprint density at radius 1 is 1.12 bits per heavy atom. The van der Waals surface area contributed by atoms with Crippen molar-refractivity contribution in [2.24, 2.45) is 23.7 Å². The summed E-state index contributed by atoms with van der Waals surface area (Å²) < 4.78 is 6.77. The molecule has 3 aliphatic rings. The molecule has 8 nitrogen and oxygen atoms in total. The van der Waals surface area contributed by atoms with Crippen LogP contribution in [0.5, 0.6) is 0 Å². The van der Waals surface area contributed by atoms with Crippen LogP contribution in [0.15, 0.2) is 54.6 Å². The van der Waals surface area contributed by atoms with Gasteiger partial charge in [0.25, 0.3) is 0 Å². The molecule has 9 heteroatoms. The molecule has 0 radical (unpaired) electrons. The number of aliphatic hydroxyl groups excluding tert-OH is 1. The number of halogens is 1. The van der Waals surface area contributed by atoms with E-state index < -0.39 is 41.0 Å². The lowest BCUT2D eigenvalue weighted by atomic mass is 9.62. The van der Waals surface area contributed by atoms with Crippen LogP contribution in [-0.2, 0) is 25.7 Å². The molecule has 1 spiro atoms. The second kappa shape index (κ2) is 10.8. The maximum atomic E-state index is 14.4. The van der Waals surface area contributed by atoms with E-state index in [9.17, 15) is 19.5 Å². The van der Waals surface area contributed by atoms with Gasteiger partial charge in [-0.15, -0.1) is 0 Å². The number of hydrogen-bond donors (Lipinski definition) is 3. The zero-order valence-electron chi connectivity index (χ0n) is 23.4. The lowest BCUT2D eigenvalue weighted by Gasteiger charge is -2.37. The van der Waals surface area contributed by atoms with Crippen LogP contribution in [0.25, 0.3) is 0 Å². The molecule has 2 aromatic rings. The van der Waals surface area contributed by atoms with Crippen molar-refractivity contribution < 1.29 is 24.2 Å². The van der Waals surface area contributed by atoms with Gasteiger partial charge in [-0.1, -0.05) is 62.7 Å². The van der Waals surface area contributed by atoms with E-state index in [1.165, 1.54) is 4.90 Å². The number of ether oxygens (including phenoxy) is 1. The van der Waals surface area contributed by atoms with Gasteiger partial charge in [0.2, 0.25) is 17.7 Å². The first-order chi connectivity index (χ1) is 19.0. The number of carbonyl (C=O) groups excluding carboxylic acids is 3. The van der Waals surface area contributed by atoms with E-state index in [1.807, 2.05) is 58.0 Å². The van der Waals surface area contributed by atoms with E-state index in [4.69, 9.17) is 16.3 Å². The Balaban J connectivity index is 1.53. The molecule has 3 saturated heterocycles. The van der Waals surface area contributed by atoms with Crippen molar-refractivity contribution in [3.05, 3.63) is 65.2 Å². The number of benzene rings is 2. The minimum atomic E-state index is -1.19. The van der Waals surface area contributed by atoms with Gasteiger partial charge in [0.1, 0.15) is 11.6 Å². The minimum absolute atomic E-state index is 0.0764. The highest BCUT2D eigenvalue weighted by Crippen LogP contribution is 2.65. The molecule has 214 valence electrons. The number of carbonyl (C=O) groups is 3. The molecule has 3 heterocycles. The van der Waals surface area contributed by atoms with E-state index in [0.29, 0.717) is 30.1 Å². The second-order valence-corrected chi connectivity index (χ2v) is 12.6. The first kappa shape index (κ1) is 28.6. The summed E-state index contributed by atoms with van der Waals surface area (Å²) in [7, 11) is 0. The third-order valence-corrected chi connectivity index (χ3v) is 9.30. The van der Waals surface area contributed by atoms with Crippen molar-refractivity contribution in [1.29, 1.82) is 0 Å². The van der Waals surface area contributed by atoms with Gasteiger partial charge >= 0.3 is 0 Å². The van der Waals surface area contributed by atoms with Crippen LogP contribution in [0.2, 0.25) is 5.02 Å². The monoisotopic (exact) mass is 567 g/mol. The number of nitrogens with zero attached hydrogens (tertiary/aromatic N) is 1. The molecule has 3 aliphatic heterocycles. The average molecular weight is 568 g/mol. The van der Waals surface area contributed by atoms with Crippen molar-refractivity contribution in [3.8, 4) is 0 Å². The highest BCUT2D eigenvalue weighted by atomic mass is 35.5. The maximum Gasteiger partial charge on any atom is 0.250 e. The molecule has 40 heavy (non-hydrogen) atoms. The quantitative estimate of drug-likeness (QED) is 0.424. The zero-order valence-corrected chi connectivity index (χ0v) is 24.1. The Hall–Kier alpha value is -2.94. The van der Waals surface area contributed by atoms with Crippen molar-refractivity contribution in [1.82, 2.24) is 10.2 Å². The summed E-state index contributed by atoms with van der Waals surface area (Å²) in [6.45, 7) is 7.95. The topological polar surface area (TPSA) is 108 Å². The number of amides is 3. The molecule has 3 N–H and O–H groups in total. The molecule has 0 aliphatic carbocycles. The van der Waals surface area contributed by atoms with Crippen molar-refractivity contribution >= 4 is 35.0 Å². The van der Waals surface area contributed by atoms with E-state index in [-0.39, 0.29) is 30.3 Å². The third kappa shape index (κ3) is 4.70. The molecule has 2 bridgehead atoms. The summed E-state index contributed by atoms with van der Waals surface area (Å²) in [6, 6.07) is 14.8. The Morgan fingerprint density at radius 2 is 1.80 bits per heavy atom. The predicted molar refractivity (Wildman–Crippen MR) is 152 cm³/mol. The molecule has 7 atom stereocenters. The SMILES string of the molecule is CC(C)C[C@H](CO)N1C(=O)[C@@H]2[C@H](C(=O)NCc3ccccc3)[C@@]3(C)OC2(CC3C)C1C(=O)Nc1ccc(Cl)cc1. The first-order valence-electron chi connectivity index (χ1n) is 14.0. The van der Waals surface area contributed by atoms with Crippen LogP contribution in [0.4, 0.5) is 5.69 Å². The first-order valence-corrected chi connectivity index (χ1v) is 14.4. The largest absolute Gasteiger partial charge is 0.394 e. The zero-order chi connectivity index (χ0) is 28.8. The van der Waals surface area contributed by atoms with Gasteiger partial charge in [-0.2, -0.15) is 0 Å². The Kier molecular flexibility index (Phi) is 7.72. The van der Waals surface area contributed by atoms with Gasteiger partial charge < -0.3 is 25.4 Å². The average Bonchev–Trinajstić information content (AvgIpc) is 3.44. The number of anilines is 1. The number of fused-ring (bicyclic) bond motifs is 1. The molecule has 2 aromatic carbocycles. The molecular weight excluding hydrogens is 530 g/mol. The van der Waals surface area contributed by atoms with E-state index in [2.05, 4.69) is 10.6 Å². The smallest absolute Gasteiger partial charge is 0.250 e. The Labute approximate surface area is 240 Å². The minimum Gasteiger partial charge on any atom is -0.394 e. The predicted octanol–water partition coefficient (Wildman–Crippen LogP) is 4.01. The summed E-state index contributed by atoms with van der Waals surface area (Å²) in [6.07, 6.45) is 0.963. The highest BCUT2D eigenvalue weighted by Gasteiger charge is 2.80. The van der Waals surface area contributed by atoms with Crippen LogP contribution in [0.3, 0.4) is 0 Å². The fourth-order valence-electron chi connectivity index (χ4n) is 7.23. The fourth-order valence-corrected chi connectivity index (χ4v) is 7.35. The van der Waals surface area contributed by atoms with Crippen LogP contribution in [0, 0.1) is 23.7 Å². The van der Waals surface area contributed by atoms with Gasteiger partial charge in [0.05, 0.1) is 30.1 Å². The summed E-state index contributed by atoms with van der Waals surface area (Å²) in [5.74, 6) is -2.50. The number of likely N-dealkylation sites (tertiary alicyclic amines) is 1. The lowest BCUT2D eigenvalue weighted by molar-refractivity contribution is -0.149. The van der Waals surface area contributed by atoms with E-state index >= 15 is 0 Å². The summed E-state index contributed by atoms with van der Waals surface area (Å²) in [4.78, 5) is 43.8. The Bertz CT molecular complexity index is 1270. The number of rotatable bonds is 9. The summed E-state index contributed by atoms with van der Waals surface area (Å²) in [5, 5.41) is 16.9. The lowest BCUT2D eigenvalue weighted by Crippen LogP contribution is -2.56. The maximum absolute atomic E-state index is 14.4. The van der Waals surface area contributed by atoms with E-state index in [1.54, 1.807) is 24.3 Å². The second-order valence-electron chi connectivity index (χ2n) is 12.1. The molecule has 0 aromatic heterocycles. The van der Waals surface area contributed by atoms with Gasteiger partial charge in [-0.05, 0) is 61.4 Å². The van der Waals surface area contributed by atoms with Crippen LogP contribution in [-0.4, -0.2) is 57.6 Å². The number of nitrogens with one attached hydrogen (secondary N) is 2. The third-order valence-electron chi connectivity index (χ3n) is 9.05. The molecule has 3 amide bonds. The molecule has 0 saturated carbocycles. The van der Waals surface area contributed by atoms with Crippen LogP contribution < -0.4 is 10.6 Å². The molecule has 5 rings (SSSR count). The van der Waals surface area contributed by atoms with Crippen molar-refractivity contribution in [2.75, 3.05) is 11.9 Å². The Morgan fingerprint density at radius 3 is 2.42 bits per heavy atom. The van der Waals surface area contributed by atoms with Crippen LogP contribution >= 0.6 is 11.6 Å². The molecule has 3 unspecified atom stereocenters. The fraction of sp³-hybridized carbons (Fsp3) is 0.516. The van der Waals surface area contributed by atoms with Gasteiger partial charge in [-0.25, -0.2) is 0 Å². The number of hydrogen-bond acceptors (Lipinski definition) is 5. The standard InChI is InChI=1S/C31H38ClN3O5/c1-18(2)14-23(17-36)35-26(28(38)34-22-12-10-21(32)11-13-22)31-15-19(3)30(4,40-31)24(25(31)29(35)39)27(37)33-16-20-8-6-5-7-9-20/h5-13,18-19,23-26,36H,14-17H2,1-4H3,(H,33,37)(H,34,38)/t19?,23-,24-,25+,26?,30+,31?/m1/s1. The summed E-state index contributed by atoms with van der Waals surface area (Å²) in [5.41, 5.74) is -0.626. The van der Waals surface area contributed by atoms with Gasteiger partial charge in [0, 0.05) is 17.3 Å². The highest BCUT2D eigenvalue weighted by molar-refractivity contribution is 6.30. The van der Waals surface area contributed by atoms with Gasteiger partial charge in [-0.3, -0.25) is 14.4 Å².